The highest BCUT2D eigenvalue weighted by molar-refractivity contribution is 5.94. The van der Waals surface area contributed by atoms with Crippen molar-refractivity contribution in [3.63, 3.8) is 0 Å². The normalized spacial score (nSPS) is 15.1. The molecule has 3 aromatic rings. The van der Waals surface area contributed by atoms with Gasteiger partial charge in [-0.2, -0.15) is 5.10 Å². The second kappa shape index (κ2) is 9.46. The highest BCUT2D eigenvalue weighted by Gasteiger charge is 2.30. The maximum Gasteiger partial charge on any atom is 0.326 e. The first-order valence-corrected chi connectivity index (χ1v) is 11.1. The van der Waals surface area contributed by atoms with Gasteiger partial charge in [0.25, 0.3) is 11.8 Å². The van der Waals surface area contributed by atoms with E-state index in [2.05, 4.69) is 30.8 Å². The van der Waals surface area contributed by atoms with Crippen LogP contribution in [0.4, 0.5) is 0 Å². The number of H-pyrrole nitrogens is 1. The number of carboxylic acid groups (broad SMARTS) is 1. The van der Waals surface area contributed by atoms with Crippen LogP contribution in [-0.4, -0.2) is 55.1 Å². The van der Waals surface area contributed by atoms with Gasteiger partial charge in [-0.25, -0.2) is 14.8 Å². The summed E-state index contributed by atoms with van der Waals surface area (Å²) < 4.78 is 5.57. The summed E-state index contributed by atoms with van der Waals surface area (Å²) in [6, 6.07) is 6.03. The topological polar surface area (TPSA) is 163 Å². The SMILES string of the molecule is CC(C)[C@H](NC(=O)c1cnc(-c2cccc(-c3n[nH]c(C(=O)N[C@@H](C)C4CC4)n3)c2)o1)C(=O)O. The van der Waals surface area contributed by atoms with Gasteiger partial charge in [-0.3, -0.25) is 14.7 Å². The van der Waals surface area contributed by atoms with Gasteiger partial charge in [0.05, 0.1) is 6.20 Å². The van der Waals surface area contributed by atoms with E-state index in [1.165, 1.54) is 6.20 Å². The van der Waals surface area contributed by atoms with Crippen molar-refractivity contribution in [1.29, 1.82) is 0 Å². The van der Waals surface area contributed by atoms with Gasteiger partial charge in [0.15, 0.2) is 5.82 Å². The molecular formula is C23H26N6O5. The molecule has 11 heteroatoms. The number of benzene rings is 1. The minimum atomic E-state index is -1.13. The maximum absolute atomic E-state index is 12.4. The van der Waals surface area contributed by atoms with Crippen LogP contribution in [0.1, 0.15) is 54.8 Å². The van der Waals surface area contributed by atoms with Crippen LogP contribution in [0.3, 0.4) is 0 Å². The average molecular weight is 466 g/mol. The minimum Gasteiger partial charge on any atom is -0.480 e. The summed E-state index contributed by atoms with van der Waals surface area (Å²) >= 11 is 0. The Kier molecular flexibility index (Phi) is 6.44. The Hall–Kier alpha value is -4.02. The second-order valence-corrected chi connectivity index (χ2v) is 8.75. The Balaban J connectivity index is 1.48. The third-order valence-electron chi connectivity index (χ3n) is 5.70. The summed E-state index contributed by atoms with van der Waals surface area (Å²) in [7, 11) is 0. The van der Waals surface area contributed by atoms with Crippen molar-refractivity contribution >= 4 is 17.8 Å². The van der Waals surface area contributed by atoms with Crippen LogP contribution >= 0.6 is 0 Å². The molecule has 1 aliphatic carbocycles. The van der Waals surface area contributed by atoms with E-state index in [9.17, 15) is 19.5 Å². The summed E-state index contributed by atoms with van der Waals surface area (Å²) in [6.45, 7) is 5.37. The summed E-state index contributed by atoms with van der Waals surface area (Å²) in [6.07, 6.45) is 3.49. The number of amides is 2. The molecule has 2 atom stereocenters. The third-order valence-corrected chi connectivity index (χ3v) is 5.70. The molecule has 0 radical (unpaired) electrons. The number of hydrogen-bond acceptors (Lipinski definition) is 7. The largest absolute Gasteiger partial charge is 0.480 e. The van der Waals surface area contributed by atoms with E-state index in [0.717, 1.165) is 12.8 Å². The lowest BCUT2D eigenvalue weighted by atomic mass is 10.0. The molecule has 34 heavy (non-hydrogen) atoms. The smallest absolute Gasteiger partial charge is 0.326 e. The summed E-state index contributed by atoms with van der Waals surface area (Å²) in [5, 5.41) is 21.4. The van der Waals surface area contributed by atoms with Crippen molar-refractivity contribution in [2.75, 3.05) is 0 Å². The molecule has 0 spiro atoms. The van der Waals surface area contributed by atoms with Gasteiger partial charge in [0.2, 0.25) is 17.5 Å². The van der Waals surface area contributed by atoms with Gasteiger partial charge >= 0.3 is 5.97 Å². The number of oxazole rings is 1. The molecule has 2 amide bonds. The Morgan fingerprint density at radius 2 is 1.85 bits per heavy atom. The number of aliphatic carboxylic acids is 1. The monoisotopic (exact) mass is 466 g/mol. The van der Waals surface area contributed by atoms with Crippen LogP contribution in [0.5, 0.6) is 0 Å². The molecule has 0 bridgehead atoms. The van der Waals surface area contributed by atoms with Gasteiger partial charge in [-0.1, -0.05) is 26.0 Å². The van der Waals surface area contributed by atoms with Gasteiger partial charge in [0.1, 0.15) is 6.04 Å². The molecule has 1 fully saturated rings. The number of nitrogens with zero attached hydrogens (tertiary/aromatic N) is 3. The van der Waals surface area contributed by atoms with Crippen LogP contribution in [0, 0.1) is 11.8 Å². The molecule has 1 aliphatic rings. The molecule has 4 rings (SSSR count). The molecule has 0 unspecified atom stereocenters. The average Bonchev–Trinajstić information content (AvgIpc) is 3.33. The van der Waals surface area contributed by atoms with Crippen LogP contribution in [0.25, 0.3) is 22.8 Å². The van der Waals surface area contributed by atoms with E-state index in [-0.39, 0.29) is 35.3 Å². The van der Waals surface area contributed by atoms with E-state index in [1.807, 2.05) is 6.92 Å². The van der Waals surface area contributed by atoms with Crippen LogP contribution in [0.15, 0.2) is 34.9 Å². The standard InChI is InChI=1S/C23H26N6O5/c1-11(2)17(23(32)33)26-20(30)16-10-24-22(34-16)15-6-4-5-14(9-15)18-27-19(29-28-18)21(31)25-12(3)13-7-8-13/h4-6,9-13,17H,7-8H2,1-3H3,(H,25,31)(H,26,30)(H,32,33)(H,27,28,29)/t12-,17-/m0/s1. The predicted octanol–water partition coefficient (Wildman–Crippen LogP) is 2.49. The van der Waals surface area contributed by atoms with E-state index in [0.29, 0.717) is 22.9 Å². The Bertz CT molecular complexity index is 1210. The van der Waals surface area contributed by atoms with Crippen LogP contribution < -0.4 is 10.6 Å². The van der Waals surface area contributed by atoms with E-state index >= 15 is 0 Å². The second-order valence-electron chi connectivity index (χ2n) is 8.75. The number of carbonyl (C=O) groups excluding carboxylic acids is 2. The molecule has 0 aliphatic heterocycles. The fourth-order valence-corrected chi connectivity index (χ4v) is 3.51. The zero-order chi connectivity index (χ0) is 24.4. The van der Waals surface area contributed by atoms with Gasteiger partial charge < -0.3 is 20.2 Å². The quantitative estimate of drug-likeness (QED) is 0.374. The molecule has 11 nitrogen and oxygen atoms in total. The van der Waals surface area contributed by atoms with Crippen molar-refractivity contribution in [2.45, 2.75) is 45.7 Å². The zero-order valence-electron chi connectivity index (χ0n) is 19.0. The van der Waals surface area contributed by atoms with E-state index in [1.54, 1.807) is 38.1 Å². The first-order valence-electron chi connectivity index (χ1n) is 11.1. The molecule has 1 saturated carbocycles. The number of aromatic amines is 1. The van der Waals surface area contributed by atoms with Crippen molar-refractivity contribution in [3.05, 3.63) is 42.0 Å². The lowest BCUT2D eigenvalue weighted by Gasteiger charge is -2.16. The first kappa shape index (κ1) is 23.1. The predicted molar refractivity (Wildman–Crippen MR) is 121 cm³/mol. The van der Waals surface area contributed by atoms with E-state index < -0.39 is 17.9 Å². The van der Waals surface area contributed by atoms with Crippen molar-refractivity contribution in [1.82, 2.24) is 30.8 Å². The van der Waals surface area contributed by atoms with Gasteiger partial charge in [-0.15, -0.1) is 0 Å². The molecule has 2 aromatic heterocycles. The molecular weight excluding hydrogens is 440 g/mol. The Morgan fingerprint density at radius 1 is 1.12 bits per heavy atom. The van der Waals surface area contributed by atoms with Gasteiger partial charge in [-0.05, 0) is 43.7 Å². The third kappa shape index (κ3) is 5.13. The number of rotatable bonds is 9. The molecule has 4 N–H and O–H groups in total. The maximum atomic E-state index is 12.4. The highest BCUT2D eigenvalue weighted by Crippen LogP contribution is 2.32. The number of carboxylic acids is 1. The molecule has 2 heterocycles. The van der Waals surface area contributed by atoms with Crippen LogP contribution in [0.2, 0.25) is 0 Å². The van der Waals surface area contributed by atoms with Crippen molar-refractivity contribution < 1.29 is 23.9 Å². The summed E-state index contributed by atoms with van der Waals surface area (Å²) in [5.74, 6) is -1.35. The Morgan fingerprint density at radius 3 is 2.53 bits per heavy atom. The number of nitrogens with one attached hydrogen (secondary N) is 3. The fraction of sp³-hybridized carbons (Fsp3) is 0.391. The lowest BCUT2D eigenvalue weighted by Crippen LogP contribution is -2.44. The van der Waals surface area contributed by atoms with Gasteiger partial charge in [0, 0.05) is 17.2 Å². The first-order chi connectivity index (χ1) is 16.2. The minimum absolute atomic E-state index is 0.0899. The Labute approximate surface area is 195 Å². The molecule has 1 aromatic carbocycles. The number of hydrogen-bond donors (Lipinski definition) is 4. The highest BCUT2D eigenvalue weighted by atomic mass is 16.4. The van der Waals surface area contributed by atoms with Crippen molar-refractivity contribution in [3.8, 4) is 22.8 Å². The lowest BCUT2D eigenvalue weighted by molar-refractivity contribution is -0.140. The number of carbonyl (C=O) groups is 3. The zero-order valence-corrected chi connectivity index (χ0v) is 19.0. The van der Waals surface area contributed by atoms with Crippen molar-refractivity contribution in [2.24, 2.45) is 11.8 Å². The fourth-order valence-electron chi connectivity index (χ4n) is 3.51. The number of aromatic nitrogens is 4. The molecule has 178 valence electrons. The molecule has 0 saturated heterocycles. The van der Waals surface area contributed by atoms with Crippen LogP contribution in [-0.2, 0) is 4.79 Å². The summed E-state index contributed by atoms with van der Waals surface area (Å²) in [5.41, 5.74) is 1.19. The van der Waals surface area contributed by atoms with E-state index in [4.69, 9.17) is 4.42 Å². The summed E-state index contributed by atoms with van der Waals surface area (Å²) in [4.78, 5) is 44.6.